The van der Waals surface area contributed by atoms with Crippen molar-refractivity contribution in [3.05, 3.63) is 63.2 Å². The lowest BCUT2D eigenvalue weighted by Gasteiger charge is -2.35. The van der Waals surface area contributed by atoms with Crippen LogP contribution >= 0.6 is 11.6 Å². The van der Waals surface area contributed by atoms with Crippen molar-refractivity contribution in [2.24, 2.45) is 5.92 Å². The number of rotatable bonds is 2. The van der Waals surface area contributed by atoms with E-state index in [-0.39, 0.29) is 17.6 Å². The fraction of sp³-hybridized carbons (Fsp3) is 0.462. The molecule has 1 saturated heterocycles. The van der Waals surface area contributed by atoms with Gasteiger partial charge in [0, 0.05) is 25.4 Å². The molecule has 0 bridgehead atoms. The topological polar surface area (TPSA) is 58.4 Å². The first-order valence-electron chi connectivity index (χ1n) is 11.8. The van der Waals surface area contributed by atoms with Gasteiger partial charge in [-0.3, -0.25) is 9.36 Å². The van der Waals surface area contributed by atoms with Gasteiger partial charge >= 0.3 is 0 Å². The van der Waals surface area contributed by atoms with Gasteiger partial charge in [0.2, 0.25) is 0 Å². The molecule has 166 valence electrons. The van der Waals surface area contributed by atoms with Crippen LogP contribution in [0.1, 0.15) is 56.3 Å². The molecule has 3 aliphatic rings. The Morgan fingerprint density at radius 2 is 1.88 bits per heavy atom. The number of hydrogen-bond donors (Lipinski definition) is 1. The second-order valence-corrected chi connectivity index (χ2v) is 10.1. The molecule has 0 atom stereocenters. The number of piperidine rings is 1. The summed E-state index contributed by atoms with van der Waals surface area (Å²) in [4.78, 5) is 20.2. The number of nitrogens with zero attached hydrogens (tertiary/aromatic N) is 3. The molecule has 2 fully saturated rings. The van der Waals surface area contributed by atoms with E-state index in [4.69, 9.17) is 11.6 Å². The van der Waals surface area contributed by atoms with Crippen LogP contribution in [0.2, 0.25) is 5.02 Å². The van der Waals surface area contributed by atoms with Crippen molar-refractivity contribution in [2.45, 2.75) is 50.4 Å². The van der Waals surface area contributed by atoms with Gasteiger partial charge in [-0.1, -0.05) is 43.0 Å². The largest absolute Gasteiger partial charge is 0.396 e. The summed E-state index contributed by atoms with van der Waals surface area (Å²) in [5, 5.41) is 10.5. The fourth-order valence-electron chi connectivity index (χ4n) is 6.24. The Morgan fingerprint density at radius 3 is 2.62 bits per heavy atom. The predicted molar refractivity (Wildman–Crippen MR) is 128 cm³/mol. The van der Waals surface area contributed by atoms with Crippen LogP contribution in [-0.4, -0.2) is 34.4 Å². The number of aliphatic hydroxyl groups is 1. The maximum Gasteiger partial charge on any atom is 0.282 e. The maximum absolute atomic E-state index is 13.1. The molecule has 3 aromatic rings. The van der Waals surface area contributed by atoms with Crippen LogP contribution < -0.4 is 10.5 Å². The molecule has 32 heavy (non-hydrogen) atoms. The molecule has 1 aromatic heterocycles. The number of benzene rings is 2. The lowest BCUT2D eigenvalue weighted by atomic mass is 9.70. The minimum absolute atomic E-state index is 0.189. The highest BCUT2D eigenvalue weighted by atomic mass is 35.5. The SMILES string of the molecule is O=c1nc2n(c3cccc(Cl)c13)-c1cc(N3CCC(CO)CC3)ccc1C21CCCCC1. The lowest BCUT2D eigenvalue weighted by Crippen LogP contribution is -2.34. The highest BCUT2D eigenvalue weighted by molar-refractivity contribution is 6.35. The van der Waals surface area contributed by atoms with Gasteiger partial charge in [0.05, 0.1) is 27.0 Å². The van der Waals surface area contributed by atoms with Gasteiger partial charge in [-0.25, -0.2) is 0 Å². The molecular formula is C26H28ClN3O2. The van der Waals surface area contributed by atoms with Crippen LogP contribution in [0.15, 0.2) is 41.2 Å². The molecule has 1 spiro atoms. The van der Waals surface area contributed by atoms with Crippen LogP contribution in [-0.2, 0) is 5.41 Å². The first kappa shape index (κ1) is 20.3. The van der Waals surface area contributed by atoms with Crippen LogP contribution in [0, 0.1) is 5.92 Å². The summed E-state index contributed by atoms with van der Waals surface area (Å²) < 4.78 is 2.22. The third kappa shape index (κ3) is 2.87. The van der Waals surface area contributed by atoms with Crippen molar-refractivity contribution >= 4 is 28.2 Å². The van der Waals surface area contributed by atoms with Crippen LogP contribution in [0.4, 0.5) is 5.69 Å². The Kier molecular flexibility index (Phi) is 4.81. The third-order valence-electron chi connectivity index (χ3n) is 7.98. The van der Waals surface area contributed by atoms with E-state index in [9.17, 15) is 9.90 Å². The molecule has 5 nitrogen and oxygen atoms in total. The van der Waals surface area contributed by atoms with E-state index in [0.717, 1.165) is 68.6 Å². The minimum atomic E-state index is -0.221. The summed E-state index contributed by atoms with van der Waals surface area (Å²) in [5.41, 5.74) is 4.08. The molecule has 2 aliphatic heterocycles. The first-order chi connectivity index (χ1) is 15.6. The number of hydrogen-bond acceptors (Lipinski definition) is 4. The lowest BCUT2D eigenvalue weighted by molar-refractivity contribution is 0.203. The van der Waals surface area contributed by atoms with Crippen LogP contribution in [0.3, 0.4) is 0 Å². The van der Waals surface area contributed by atoms with Gasteiger partial charge in [-0.15, -0.1) is 0 Å². The van der Waals surface area contributed by atoms with E-state index < -0.39 is 0 Å². The molecule has 0 radical (unpaired) electrons. The van der Waals surface area contributed by atoms with Gasteiger partial charge in [0.1, 0.15) is 5.82 Å². The van der Waals surface area contributed by atoms with Gasteiger partial charge in [0.25, 0.3) is 5.56 Å². The molecule has 1 N–H and O–H groups in total. The summed E-state index contributed by atoms with van der Waals surface area (Å²) in [6, 6.07) is 12.5. The molecule has 3 heterocycles. The smallest absolute Gasteiger partial charge is 0.282 e. The molecular weight excluding hydrogens is 422 g/mol. The Bertz CT molecular complexity index is 1250. The normalized spacial score (nSPS) is 20.0. The molecule has 0 amide bonds. The number of halogens is 1. The number of fused-ring (bicyclic) bond motifs is 7. The van der Waals surface area contributed by atoms with Crippen molar-refractivity contribution in [3.63, 3.8) is 0 Å². The fourth-order valence-corrected chi connectivity index (χ4v) is 6.49. The molecule has 0 unspecified atom stereocenters. The van der Waals surface area contributed by atoms with Crippen molar-refractivity contribution in [2.75, 3.05) is 24.6 Å². The maximum atomic E-state index is 13.1. The van der Waals surface area contributed by atoms with Gasteiger partial charge in [-0.05, 0) is 61.4 Å². The number of anilines is 1. The van der Waals surface area contributed by atoms with Crippen molar-refractivity contribution in [1.29, 1.82) is 0 Å². The average Bonchev–Trinajstić information content (AvgIpc) is 3.08. The zero-order valence-electron chi connectivity index (χ0n) is 18.2. The minimum Gasteiger partial charge on any atom is -0.396 e. The summed E-state index contributed by atoms with van der Waals surface area (Å²) in [6.07, 6.45) is 7.62. The van der Waals surface area contributed by atoms with E-state index in [0.29, 0.717) is 16.3 Å². The van der Waals surface area contributed by atoms with E-state index in [2.05, 4.69) is 32.7 Å². The van der Waals surface area contributed by atoms with Gasteiger partial charge in [0.15, 0.2) is 0 Å². The van der Waals surface area contributed by atoms with Crippen molar-refractivity contribution in [3.8, 4) is 5.69 Å². The second kappa shape index (κ2) is 7.60. The van der Waals surface area contributed by atoms with Crippen molar-refractivity contribution in [1.82, 2.24) is 9.55 Å². The summed E-state index contributed by atoms with van der Waals surface area (Å²) in [5.74, 6) is 1.30. The molecule has 1 aliphatic carbocycles. The Hall–Kier alpha value is -2.37. The van der Waals surface area contributed by atoms with Crippen LogP contribution in [0.5, 0.6) is 0 Å². The zero-order valence-corrected chi connectivity index (χ0v) is 18.9. The average molecular weight is 450 g/mol. The Morgan fingerprint density at radius 1 is 1.09 bits per heavy atom. The molecule has 6 heteroatoms. The Balaban J connectivity index is 1.57. The zero-order chi connectivity index (χ0) is 21.9. The Labute approximate surface area is 192 Å². The summed E-state index contributed by atoms with van der Waals surface area (Å²) in [6.45, 7) is 2.19. The number of aliphatic hydroxyl groups excluding tert-OH is 1. The van der Waals surface area contributed by atoms with Gasteiger partial charge in [-0.2, -0.15) is 4.98 Å². The number of aromatic nitrogens is 2. The van der Waals surface area contributed by atoms with Crippen LogP contribution in [0.25, 0.3) is 16.6 Å². The highest BCUT2D eigenvalue weighted by Crippen LogP contribution is 2.52. The van der Waals surface area contributed by atoms with Crippen molar-refractivity contribution < 1.29 is 5.11 Å². The van der Waals surface area contributed by atoms with E-state index in [1.54, 1.807) is 6.07 Å². The molecule has 6 rings (SSSR count). The van der Waals surface area contributed by atoms with E-state index in [1.807, 2.05) is 12.1 Å². The summed E-state index contributed by atoms with van der Waals surface area (Å²) >= 11 is 6.47. The highest BCUT2D eigenvalue weighted by Gasteiger charge is 2.46. The second-order valence-electron chi connectivity index (χ2n) is 9.67. The first-order valence-corrected chi connectivity index (χ1v) is 12.2. The van der Waals surface area contributed by atoms with E-state index >= 15 is 0 Å². The third-order valence-corrected chi connectivity index (χ3v) is 8.29. The molecule has 2 aromatic carbocycles. The standard InChI is InChI=1S/C26H28ClN3O2/c27-20-5-4-6-21-23(20)24(32)28-25-26(11-2-1-3-12-26)19-8-7-18(15-22(19)30(21)25)29-13-9-17(16-31)10-14-29/h4-8,15,17,31H,1-3,9-14,16H2. The van der Waals surface area contributed by atoms with E-state index in [1.165, 1.54) is 17.7 Å². The van der Waals surface area contributed by atoms with Gasteiger partial charge < -0.3 is 10.0 Å². The quantitative estimate of drug-likeness (QED) is 0.609. The monoisotopic (exact) mass is 449 g/mol. The molecule has 1 saturated carbocycles. The summed E-state index contributed by atoms with van der Waals surface area (Å²) in [7, 11) is 0. The predicted octanol–water partition coefficient (Wildman–Crippen LogP) is 4.81.